The minimum absolute atomic E-state index is 0.229. The SMILES string of the molecule is O[C@@H](COc1ccc2c(c1)OCO2)CN1CCc2cncnc2C1. The summed E-state index contributed by atoms with van der Waals surface area (Å²) in [6.07, 6.45) is 3.78. The van der Waals surface area contributed by atoms with Gasteiger partial charge in [0, 0.05) is 31.9 Å². The Bertz CT molecular complexity index is 725. The van der Waals surface area contributed by atoms with E-state index in [1.54, 1.807) is 12.4 Å². The van der Waals surface area contributed by atoms with Crippen molar-refractivity contribution in [2.45, 2.75) is 19.1 Å². The number of aromatic nitrogens is 2. The fraction of sp³-hybridized carbons (Fsp3) is 0.412. The Morgan fingerprint density at radius 2 is 2.21 bits per heavy atom. The van der Waals surface area contributed by atoms with Crippen LogP contribution in [0.1, 0.15) is 11.3 Å². The van der Waals surface area contributed by atoms with Crippen LogP contribution >= 0.6 is 0 Å². The molecule has 0 aliphatic carbocycles. The zero-order valence-corrected chi connectivity index (χ0v) is 13.2. The predicted molar refractivity (Wildman–Crippen MR) is 85.1 cm³/mol. The average Bonchev–Trinajstić information content (AvgIpc) is 3.07. The Balaban J connectivity index is 1.29. The molecule has 0 saturated carbocycles. The Morgan fingerprint density at radius 3 is 3.17 bits per heavy atom. The second-order valence-corrected chi connectivity index (χ2v) is 5.96. The summed E-state index contributed by atoms with van der Waals surface area (Å²) in [7, 11) is 0. The van der Waals surface area contributed by atoms with Gasteiger partial charge in [0.05, 0.1) is 5.69 Å². The summed E-state index contributed by atoms with van der Waals surface area (Å²) in [6, 6.07) is 5.41. The number of rotatable bonds is 5. The number of hydrogen-bond acceptors (Lipinski definition) is 7. The van der Waals surface area contributed by atoms with Crippen LogP contribution in [0.3, 0.4) is 0 Å². The standard InChI is InChI=1S/C17H19N3O4/c21-13(7-20-4-3-12-6-18-10-19-15(12)8-20)9-22-14-1-2-16-17(5-14)24-11-23-16/h1-2,5-6,10,13,21H,3-4,7-9,11H2/t13-/m1/s1. The Labute approximate surface area is 139 Å². The molecule has 0 bridgehead atoms. The second-order valence-electron chi connectivity index (χ2n) is 5.96. The van der Waals surface area contributed by atoms with Crippen LogP contribution in [-0.4, -0.2) is 52.6 Å². The molecule has 7 nitrogen and oxygen atoms in total. The molecule has 1 aromatic heterocycles. The van der Waals surface area contributed by atoms with E-state index in [2.05, 4.69) is 14.9 Å². The molecule has 1 aromatic carbocycles. The van der Waals surface area contributed by atoms with E-state index in [1.807, 2.05) is 18.3 Å². The number of aliphatic hydroxyl groups is 1. The lowest BCUT2D eigenvalue weighted by atomic mass is 10.1. The summed E-state index contributed by atoms with van der Waals surface area (Å²) in [6.45, 7) is 2.64. The fourth-order valence-corrected chi connectivity index (χ4v) is 2.97. The third-order valence-corrected chi connectivity index (χ3v) is 4.21. The molecule has 0 radical (unpaired) electrons. The highest BCUT2D eigenvalue weighted by Gasteiger charge is 2.20. The van der Waals surface area contributed by atoms with E-state index in [-0.39, 0.29) is 13.4 Å². The van der Waals surface area contributed by atoms with Crippen LogP contribution in [0.25, 0.3) is 0 Å². The Kier molecular flexibility index (Phi) is 4.18. The van der Waals surface area contributed by atoms with Gasteiger partial charge >= 0.3 is 0 Å². The maximum absolute atomic E-state index is 10.2. The van der Waals surface area contributed by atoms with Crippen molar-refractivity contribution in [1.82, 2.24) is 14.9 Å². The van der Waals surface area contributed by atoms with E-state index < -0.39 is 6.10 Å². The van der Waals surface area contributed by atoms with Gasteiger partial charge in [-0.2, -0.15) is 0 Å². The van der Waals surface area contributed by atoms with Gasteiger partial charge < -0.3 is 19.3 Å². The molecule has 7 heteroatoms. The molecule has 2 aliphatic rings. The molecule has 0 saturated heterocycles. The van der Waals surface area contributed by atoms with Crippen molar-refractivity contribution in [3.05, 3.63) is 42.0 Å². The number of nitrogens with zero attached hydrogens (tertiary/aromatic N) is 3. The molecule has 0 amide bonds. The molecule has 3 heterocycles. The summed E-state index contributed by atoms with van der Waals surface area (Å²) in [5.41, 5.74) is 2.24. The number of ether oxygens (including phenoxy) is 3. The normalized spacial score (nSPS) is 17.4. The molecule has 2 aromatic rings. The Morgan fingerprint density at radius 1 is 1.29 bits per heavy atom. The lowest BCUT2D eigenvalue weighted by Crippen LogP contribution is -2.39. The number of hydrogen-bond donors (Lipinski definition) is 1. The van der Waals surface area contributed by atoms with Crippen LogP contribution in [0.5, 0.6) is 17.2 Å². The largest absolute Gasteiger partial charge is 0.491 e. The lowest BCUT2D eigenvalue weighted by molar-refractivity contribution is 0.0631. The molecule has 126 valence electrons. The lowest BCUT2D eigenvalue weighted by Gasteiger charge is -2.29. The zero-order chi connectivity index (χ0) is 16.4. The quantitative estimate of drug-likeness (QED) is 0.877. The second kappa shape index (κ2) is 6.62. The third kappa shape index (κ3) is 3.27. The van der Waals surface area contributed by atoms with Gasteiger partial charge in [-0.3, -0.25) is 4.90 Å². The topological polar surface area (TPSA) is 76.9 Å². The van der Waals surface area contributed by atoms with Gasteiger partial charge in [0.2, 0.25) is 6.79 Å². The van der Waals surface area contributed by atoms with E-state index in [1.165, 1.54) is 5.56 Å². The summed E-state index contributed by atoms with van der Waals surface area (Å²) in [5.74, 6) is 2.06. The van der Waals surface area contributed by atoms with Crippen LogP contribution < -0.4 is 14.2 Å². The van der Waals surface area contributed by atoms with E-state index in [0.717, 1.165) is 31.0 Å². The average molecular weight is 329 g/mol. The summed E-state index contributed by atoms with van der Waals surface area (Å²) >= 11 is 0. The number of benzene rings is 1. The van der Waals surface area contributed by atoms with Gasteiger partial charge in [0.15, 0.2) is 11.5 Å². The highest BCUT2D eigenvalue weighted by Crippen LogP contribution is 2.35. The van der Waals surface area contributed by atoms with Crippen molar-refractivity contribution in [3.8, 4) is 17.2 Å². The first-order chi connectivity index (χ1) is 11.8. The molecule has 0 spiro atoms. The van der Waals surface area contributed by atoms with Crippen molar-refractivity contribution >= 4 is 0 Å². The highest BCUT2D eigenvalue weighted by atomic mass is 16.7. The smallest absolute Gasteiger partial charge is 0.231 e. The minimum atomic E-state index is -0.571. The third-order valence-electron chi connectivity index (χ3n) is 4.21. The number of β-amino-alcohol motifs (C(OH)–C–C–N with tert-alkyl or cyclic N) is 1. The van der Waals surface area contributed by atoms with Crippen molar-refractivity contribution in [1.29, 1.82) is 0 Å². The van der Waals surface area contributed by atoms with Gasteiger partial charge in [-0.1, -0.05) is 0 Å². The van der Waals surface area contributed by atoms with Crippen LogP contribution in [0.4, 0.5) is 0 Å². The van der Waals surface area contributed by atoms with Gasteiger partial charge in [-0.15, -0.1) is 0 Å². The maximum atomic E-state index is 10.2. The molecular formula is C17H19N3O4. The number of fused-ring (bicyclic) bond motifs is 2. The summed E-state index contributed by atoms with van der Waals surface area (Å²) < 4.78 is 16.2. The van der Waals surface area contributed by atoms with Gasteiger partial charge in [0.1, 0.15) is 24.8 Å². The molecule has 0 fully saturated rings. The van der Waals surface area contributed by atoms with E-state index in [9.17, 15) is 5.11 Å². The fourth-order valence-electron chi connectivity index (χ4n) is 2.97. The molecule has 1 N–H and O–H groups in total. The monoisotopic (exact) mass is 329 g/mol. The van der Waals surface area contributed by atoms with Crippen molar-refractivity contribution < 1.29 is 19.3 Å². The maximum Gasteiger partial charge on any atom is 0.231 e. The predicted octanol–water partition coefficient (Wildman–Crippen LogP) is 1.00. The first kappa shape index (κ1) is 15.2. The number of aliphatic hydroxyl groups excluding tert-OH is 1. The van der Waals surface area contributed by atoms with Crippen molar-refractivity contribution in [2.24, 2.45) is 0 Å². The molecule has 2 aliphatic heterocycles. The molecule has 4 rings (SSSR count). The first-order valence-electron chi connectivity index (χ1n) is 7.98. The van der Waals surface area contributed by atoms with E-state index >= 15 is 0 Å². The highest BCUT2D eigenvalue weighted by molar-refractivity contribution is 5.46. The van der Waals surface area contributed by atoms with Gasteiger partial charge in [-0.25, -0.2) is 9.97 Å². The van der Waals surface area contributed by atoms with Crippen LogP contribution in [0, 0.1) is 0 Å². The van der Waals surface area contributed by atoms with Crippen LogP contribution in [-0.2, 0) is 13.0 Å². The van der Waals surface area contributed by atoms with Crippen molar-refractivity contribution in [2.75, 3.05) is 26.5 Å². The van der Waals surface area contributed by atoms with E-state index in [4.69, 9.17) is 14.2 Å². The molecule has 0 unspecified atom stereocenters. The molecular weight excluding hydrogens is 310 g/mol. The van der Waals surface area contributed by atoms with Gasteiger partial charge in [-0.05, 0) is 24.1 Å². The van der Waals surface area contributed by atoms with Crippen LogP contribution in [0.15, 0.2) is 30.7 Å². The van der Waals surface area contributed by atoms with Crippen molar-refractivity contribution in [3.63, 3.8) is 0 Å². The van der Waals surface area contributed by atoms with Gasteiger partial charge in [0.25, 0.3) is 0 Å². The first-order valence-corrected chi connectivity index (χ1v) is 7.98. The van der Waals surface area contributed by atoms with Crippen LogP contribution in [0.2, 0.25) is 0 Å². The molecule has 1 atom stereocenters. The summed E-state index contributed by atoms with van der Waals surface area (Å²) in [4.78, 5) is 10.5. The van der Waals surface area contributed by atoms with E-state index in [0.29, 0.717) is 18.0 Å². The minimum Gasteiger partial charge on any atom is -0.491 e. The summed E-state index contributed by atoms with van der Waals surface area (Å²) in [5, 5.41) is 10.2. The molecule has 24 heavy (non-hydrogen) atoms. The Hall–Kier alpha value is -2.38. The zero-order valence-electron chi connectivity index (χ0n) is 13.2.